The predicted molar refractivity (Wildman–Crippen MR) is 82.2 cm³/mol. The van der Waals surface area contributed by atoms with Gasteiger partial charge in [0.15, 0.2) is 0 Å². The van der Waals surface area contributed by atoms with E-state index in [1.165, 1.54) is 30.5 Å². The fraction of sp³-hybridized carbons (Fsp3) is 0. The molecular formula is C13H8Cl3N3O2. The Hall–Kier alpha value is -1.82. The number of hydrogen-bond donors (Lipinski definition) is 2. The monoisotopic (exact) mass is 343 g/mol. The number of amides is 3. The van der Waals surface area contributed by atoms with Gasteiger partial charge in [-0.05, 0) is 30.3 Å². The standard InChI is InChI=1S/C13H8Cl3N3O2/c14-9-3-2-8(5-10(9)15)18-13(21)19-12(20)7-1-4-11(16)17-6-7/h1-6H,(H2,18,19,20,21). The number of benzene rings is 1. The van der Waals surface area contributed by atoms with Gasteiger partial charge in [-0.1, -0.05) is 34.8 Å². The van der Waals surface area contributed by atoms with Gasteiger partial charge in [-0.3, -0.25) is 10.1 Å². The summed E-state index contributed by atoms with van der Waals surface area (Å²) in [5.41, 5.74) is 0.618. The number of imide groups is 1. The molecule has 21 heavy (non-hydrogen) atoms. The minimum Gasteiger partial charge on any atom is -0.308 e. The molecule has 8 heteroatoms. The van der Waals surface area contributed by atoms with Crippen LogP contribution in [0.5, 0.6) is 0 Å². The van der Waals surface area contributed by atoms with E-state index in [2.05, 4.69) is 15.6 Å². The molecule has 0 bridgehead atoms. The van der Waals surface area contributed by atoms with Crippen LogP contribution < -0.4 is 10.6 Å². The van der Waals surface area contributed by atoms with Gasteiger partial charge in [0.2, 0.25) is 0 Å². The largest absolute Gasteiger partial charge is 0.326 e. The van der Waals surface area contributed by atoms with Crippen LogP contribution >= 0.6 is 34.8 Å². The first-order chi connectivity index (χ1) is 9.95. The number of nitrogens with one attached hydrogen (secondary N) is 2. The summed E-state index contributed by atoms with van der Waals surface area (Å²) in [5.74, 6) is -0.600. The molecule has 0 spiro atoms. The Bertz CT molecular complexity index is 690. The molecule has 1 heterocycles. The van der Waals surface area contributed by atoms with Gasteiger partial charge in [0.1, 0.15) is 5.15 Å². The van der Waals surface area contributed by atoms with Gasteiger partial charge in [-0.2, -0.15) is 0 Å². The zero-order chi connectivity index (χ0) is 15.4. The van der Waals surface area contributed by atoms with E-state index >= 15 is 0 Å². The first-order valence-corrected chi connectivity index (χ1v) is 6.78. The molecule has 1 aromatic carbocycles. The van der Waals surface area contributed by atoms with Crippen molar-refractivity contribution >= 4 is 52.4 Å². The van der Waals surface area contributed by atoms with E-state index in [1.807, 2.05) is 0 Å². The summed E-state index contributed by atoms with van der Waals surface area (Å²) in [6.07, 6.45) is 1.27. The average molecular weight is 345 g/mol. The highest BCUT2D eigenvalue weighted by Crippen LogP contribution is 2.24. The van der Waals surface area contributed by atoms with Gasteiger partial charge >= 0.3 is 6.03 Å². The zero-order valence-corrected chi connectivity index (χ0v) is 12.6. The molecule has 0 aliphatic rings. The van der Waals surface area contributed by atoms with Crippen molar-refractivity contribution in [3.63, 3.8) is 0 Å². The van der Waals surface area contributed by atoms with Crippen molar-refractivity contribution in [1.82, 2.24) is 10.3 Å². The van der Waals surface area contributed by atoms with E-state index in [9.17, 15) is 9.59 Å². The van der Waals surface area contributed by atoms with Crippen LogP contribution in [0.2, 0.25) is 15.2 Å². The molecule has 5 nitrogen and oxygen atoms in total. The molecule has 0 saturated carbocycles. The number of halogens is 3. The number of anilines is 1. The van der Waals surface area contributed by atoms with E-state index in [1.54, 1.807) is 6.07 Å². The highest BCUT2D eigenvalue weighted by Gasteiger charge is 2.11. The Kier molecular flexibility index (Phi) is 5.01. The molecule has 3 amide bonds. The van der Waals surface area contributed by atoms with Crippen LogP contribution in [0.3, 0.4) is 0 Å². The Labute approximate surface area is 135 Å². The summed E-state index contributed by atoms with van der Waals surface area (Å²) >= 11 is 17.2. The fourth-order valence-corrected chi connectivity index (χ4v) is 1.83. The molecule has 0 radical (unpaired) electrons. The maximum atomic E-state index is 11.8. The van der Waals surface area contributed by atoms with Crippen LogP contribution in [0.4, 0.5) is 10.5 Å². The summed E-state index contributed by atoms with van der Waals surface area (Å²) < 4.78 is 0. The molecule has 1 aromatic heterocycles. The minimum atomic E-state index is -0.701. The Morgan fingerprint density at radius 1 is 1.00 bits per heavy atom. The SMILES string of the molecule is O=C(NC(=O)c1ccc(Cl)nc1)Nc1ccc(Cl)c(Cl)c1. The number of carbonyl (C=O) groups excluding carboxylic acids is 2. The minimum absolute atomic E-state index is 0.212. The molecule has 2 aromatic rings. The van der Waals surface area contributed by atoms with Crippen molar-refractivity contribution in [2.24, 2.45) is 0 Å². The lowest BCUT2D eigenvalue weighted by molar-refractivity contribution is 0.0967. The van der Waals surface area contributed by atoms with Gasteiger partial charge in [0, 0.05) is 11.9 Å². The third-order valence-corrected chi connectivity index (χ3v) is 3.36. The topological polar surface area (TPSA) is 71.1 Å². The zero-order valence-electron chi connectivity index (χ0n) is 10.4. The molecule has 0 atom stereocenters. The van der Waals surface area contributed by atoms with Gasteiger partial charge in [-0.25, -0.2) is 9.78 Å². The molecule has 0 unspecified atom stereocenters. The second kappa shape index (κ2) is 6.76. The number of pyridine rings is 1. The van der Waals surface area contributed by atoms with Crippen LogP contribution in [-0.2, 0) is 0 Å². The van der Waals surface area contributed by atoms with E-state index in [0.717, 1.165) is 0 Å². The molecular weight excluding hydrogens is 337 g/mol. The van der Waals surface area contributed by atoms with Crippen LogP contribution in [0.15, 0.2) is 36.5 Å². The predicted octanol–water partition coefficient (Wildman–Crippen LogP) is 4.00. The van der Waals surface area contributed by atoms with E-state index in [-0.39, 0.29) is 10.7 Å². The molecule has 108 valence electrons. The lowest BCUT2D eigenvalue weighted by Crippen LogP contribution is -2.34. The Balaban J connectivity index is 1.99. The fourth-order valence-electron chi connectivity index (χ4n) is 1.42. The van der Waals surface area contributed by atoms with Gasteiger partial charge in [-0.15, -0.1) is 0 Å². The first-order valence-electron chi connectivity index (χ1n) is 5.64. The molecule has 0 fully saturated rings. The van der Waals surface area contributed by atoms with Crippen molar-refractivity contribution in [2.45, 2.75) is 0 Å². The normalized spacial score (nSPS) is 10.0. The lowest BCUT2D eigenvalue weighted by Gasteiger charge is -2.07. The summed E-state index contributed by atoms with van der Waals surface area (Å²) in [4.78, 5) is 27.2. The lowest BCUT2D eigenvalue weighted by atomic mass is 10.3. The molecule has 2 rings (SSSR count). The van der Waals surface area contributed by atoms with E-state index in [4.69, 9.17) is 34.8 Å². The molecule has 0 saturated heterocycles. The number of aromatic nitrogens is 1. The maximum absolute atomic E-state index is 11.8. The van der Waals surface area contributed by atoms with Gasteiger partial charge < -0.3 is 5.32 Å². The highest BCUT2D eigenvalue weighted by atomic mass is 35.5. The number of hydrogen-bond acceptors (Lipinski definition) is 3. The summed E-state index contributed by atoms with van der Waals surface area (Å²) in [6.45, 7) is 0. The average Bonchev–Trinajstić information content (AvgIpc) is 2.43. The number of urea groups is 1. The molecule has 2 N–H and O–H groups in total. The van der Waals surface area contributed by atoms with Crippen LogP contribution in [0.1, 0.15) is 10.4 Å². The Morgan fingerprint density at radius 3 is 2.38 bits per heavy atom. The third kappa shape index (κ3) is 4.32. The van der Waals surface area contributed by atoms with E-state index < -0.39 is 11.9 Å². The van der Waals surface area contributed by atoms with Crippen molar-refractivity contribution in [3.05, 3.63) is 57.3 Å². The second-order valence-electron chi connectivity index (χ2n) is 3.91. The molecule has 0 aliphatic heterocycles. The maximum Gasteiger partial charge on any atom is 0.326 e. The number of rotatable bonds is 2. The smallest absolute Gasteiger partial charge is 0.308 e. The van der Waals surface area contributed by atoms with Crippen molar-refractivity contribution in [2.75, 3.05) is 5.32 Å². The third-order valence-electron chi connectivity index (χ3n) is 2.39. The van der Waals surface area contributed by atoms with Crippen LogP contribution in [0, 0.1) is 0 Å². The number of nitrogens with zero attached hydrogens (tertiary/aromatic N) is 1. The van der Waals surface area contributed by atoms with Crippen molar-refractivity contribution in [3.8, 4) is 0 Å². The Morgan fingerprint density at radius 2 is 1.76 bits per heavy atom. The second-order valence-corrected chi connectivity index (χ2v) is 5.11. The first kappa shape index (κ1) is 15.6. The van der Waals surface area contributed by atoms with Crippen LogP contribution in [-0.4, -0.2) is 16.9 Å². The van der Waals surface area contributed by atoms with Gasteiger partial charge in [0.25, 0.3) is 5.91 Å². The highest BCUT2D eigenvalue weighted by molar-refractivity contribution is 6.42. The summed E-state index contributed by atoms with van der Waals surface area (Å²) in [6, 6.07) is 6.77. The van der Waals surface area contributed by atoms with E-state index in [0.29, 0.717) is 15.7 Å². The number of carbonyl (C=O) groups is 2. The van der Waals surface area contributed by atoms with Gasteiger partial charge in [0.05, 0.1) is 15.6 Å². The van der Waals surface area contributed by atoms with Crippen molar-refractivity contribution < 1.29 is 9.59 Å². The summed E-state index contributed by atoms with van der Waals surface area (Å²) in [7, 11) is 0. The van der Waals surface area contributed by atoms with Crippen molar-refractivity contribution in [1.29, 1.82) is 0 Å². The molecule has 0 aliphatic carbocycles. The van der Waals surface area contributed by atoms with Crippen LogP contribution in [0.25, 0.3) is 0 Å². The quantitative estimate of drug-likeness (QED) is 0.809. The summed E-state index contributed by atoms with van der Waals surface area (Å²) in [5, 5.41) is 5.53.